The smallest absolute Gasteiger partial charge is 0.292 e. The van der Waals surface area contributed by atoms with E-state index in [-0.39, 0.29) is 29.6 Å². The lowest BCUT2D eigenvalue weighted by Gasteiger charge is -2.31. The molecule has 2 saturated heterocycles. The lowest BCUT2D eigenvalue weighted by molar-refractivity contribution is -0.122. The van der Waals surface area contributed by atoms with Gasteiger partial charge in [-0.1, -0.05) is 23.4 Å². The molecule has 2 aromatic rings. The van der Waals surface area contributed by atoms with Gasteiger partial charge in [0.15, 0.2) is 0 Å². The Bertz CT molecular complexity index is 819. The van der Waals surface area contributed by atoms with Crippen LogP contribution in [0.4, 0.5) is 5.69 Å². The highest BCUT2D eigenvalue weighted by Crippen LogP contribution is 2.35. The van der Waals surface area contributed by atoms with Crippen molar-refractivity contribution in [3.05, 3.63) is 47.9 Å². The molecule has 136 valence electrons. The van der Waals surface area contributed by atoms with Crippen LogP contribution in [-0.4, -0.2) is 54.7 Å². The highest BCUT2D eigenvalue weighted by molar-refractivity contribution is 5.95. The highest BCUT2D eigenvalue weighted by atomic mass is 16.5. The molecular weight excluding hydrogens is 334 g/mol. The molecule has 0 saturated carbocycles. The Kier molecular flexibility index (Phi) is 4.24. The SMILES string of the molecule is Cc1cc(C(=O)N2CCC3(COCC(=O)N(c4ccccc4)C3)C2)on1. The molecule has 1 spiro atoms. The fourth-order valence-electron chi connectivity index (χ4n) is 3.72. The van der Waals surface area contributed by atoms with Crippen LogP contribution in [0.25, 0.3) is 0 Å². The second kappa shape index (κ2) is 6.57. The van der Waals surface area contributed by atoms with Crippen LogP contribution in [0.15, 0.2) is 40.9 Å². The van der Waals surface area contributed by atoms with E-state index in [4.69, 9.17) is 9.26 Å². The van der Waals surface area contributed by atoms with Crippen molar-refractivity contribution >= 4 is 17.5 Å². The quantitative estimate of drug-likeness (QED) is 0.822. The summed E-state index contributed by atoms with van der Waals surface area (Å²) in [5.41, 5.74) is 1.27. The number of hydrogen-bond acceptors (Lipinski definition) is 5. The maximum absolute atomic E-state index is 12.7. The van der Waals surface area contributed by atoms with Crippen LogP contribution in [0.1, 0.15) is 22.7 Å². The number of aromatic nitrogens is 1. The van der Waals surface area contributed by atoms with Crippen LogP contribution in [0.3, 0.4) is 0 Å². The zero-order valence-corrected chi connectivity index (χ0v) is 14.7. The molecule has 1 aromatic heterocycles. The third kappa shape index (κ3) is 3.10. The molecule has 3 heterocycles. The van der Waals surface area contributed by atoms with Gasteiger partial charge >= 0.3 is 0 Å². The Labute approximate surface area is 151 Å². The Morgan fingerprint density at radius 1 is 1.23 bits per heavy atom. The number of carbonyl (C=O) groups is 2. The van der Waals surface area contributed by atoms with Gasteiger partial charge in [-0.25, -0.2) is 0 Å². The summed E-state index contributed by atoms with van der Waals surface area (Å²) in [5, 5.41) is 3.79. The first-order valence-electron chi connectivity index (χ1n) is 8.72. The Morgan fingerprint density at radius 2 is 2.04 bits per heavy atom. The van der Waals surface area contributed by atoms with Gasteiger partial charge in [-0.15, -0.1) is 0 Å². The Morgan fingerprint density at radius 3 is 2.77 bits per heavy atom. The van der Waals surface area contributed by atoms with Crippen LogP contribution >= 0.6 is 0 Å². The topological polar surface area (TPSA) is 75.9 Å². The molecule has 0 bridgehead atoms. The summed E-state index contributed by atoms with van der Waals surface area (Å²) in [5.74, 6) is 0.0399. The molecule has 2 aliphatic rings. The zero-order valence-electron chi connectivity index (χ0n) is 14.7. The molecule has 1 atom stereocenters. The monoisotopic (exact) mass is 355 g/mol. The summed E-state index contributed by atoms with van der Waals surface area (Å²) in [6.45, 7) is 3.98. The van der Waals surface area contributed by atoms with Crippen LogP contribution < -0.4 is 4.90 Å². The largest absolute Gasteiger partial charge is 0.371 e. The molecule has 0 N–H and O–H groups in total. The Balaban J connectivity index is 1.54. The van der Waals surface area contributed by atoms with Gasteiger partial charge in [-0.3, -0.25) is 9.59 Å². The van der Waals surface area contributed by atoms with E-state index in [2.05, 4.69) is 5.16 Å². The minimum Gasteiger partial charge on any atom is -0.371 e. The fraction of sp³-hybridized carbons (Fsp3) is 0.421. The fourth-order valence-corrected chi connectivity index (χ4v) is 3.72. The number of nitrogens with zero attached hydrogens (tertiary/aromatic N) is 3. The number of carbonyl (C=O) groups excluding carboxylic acids is 2. The van der Waals surface area contributed by atoms with Gasteiger partial charge in [0, 0.05) is 36.8 Å². The average molecular weight is 355 g/mol. The molecule has 7 heteroatoms. The van der Waals surface area contributed by atoms with E-state index in [0.29, 0.717) is 31.9 Å². The van der Waals surface area contributed by atoms with Crippen LogP contribution in [-0.2, 0) is 9.53 Å². The predicted molar refractivity (Wildman–Crippen MR) is 93.8 cm³/mol. The van der Waals surface area contributed by atoms with E-state index in [9.17, 15) is 9.59 Å². The number of para-hydroxylation sites is 1. The van der Waals surface area contributed by atoms with Gasteiger partial charge < -0.3 is 19.1 Å². The summed E-state index contributed by atoms with van der Waals surface area (Å²) in [4.78, 5) is 28.7. The predicted octanol–water partition coefficient (Wildman–Crippen LogP) is 1.88. The van der Waals surface area contributed by atoms with Crippen LogP contribution in [0.5, 0.6) is 0 Å². The minimum atomic E-state index is -0.271. The highest BCUT2D eigenvalue weighted by Gasteiger charge is 2.45. The van der Waals surface area contributed by atoms with Crippen molar-refractivity contribution in [1.29, 1.82) is 0 Å². The molecule has 0 radical (unpaired) electrons. The standard InChI is InChI=1S/C19H21N3O4/c1-14-9-16(26-20-14)18(24)21-8-7-19(11-21)12-22(17(23)10-25-13-19)15-5-3-2-4-6-15/h2-6,9H,7-8,10-13H2,1H3. The van der Waals surface area contributed by atoms with Gasteiger partial charge in [0.05, 0.1) is 12.3 Å². The van der Waals surface area contributed by atoms with Gasteiger partial charge in [0.2, 0.25) is 5.76 Å². The summed E-state index contributed by atoms with van der Waals surface area (Å²) in [6.07, 6.45) is 0.780. The first-order valence-corrected chi connectivity index (χ1v) is 8.72. The van der Waals surface area contributed by atoms with Crippen LogP contribution in [0, 0.1) is 12.3 Å². The minimum absolute atomic E-state index is 0.0521. The molecule has 2 fully saturated rings. The van der Waals surface area contributed by atoms with E-state index >= 15 is 0 Å². The van der Waals surface area contributed by atoms with Crippen molar-refractivity contribution < 1.29 is 18.8 Å². The molecule has 1 aromatic carbocycles. The number of benzene rings is 1. The second-order valence-corrected chi connectivity index (χ2v) is 7.12. The lowest BCUT2D eigenvalue weighted by Crippen LogP contribution is -2.43. The third-order valence-electron chi connectivity index (χ3n) is 5.06. The maximum Gasteiger partial charge on any atom is 0.292 e. The van der Waals surface area contributed by atoms with Crippen molar-refractivity contribution in [1.82, 2.24) is 10.1 Å². The molecule has 0 aliphatic carbocycles. The molecule has 26 heavy (non-hydrogen) atoms. The summed E-state index contributed by atoms with van der Waals surface area (Å²) in [6, 6.07) is 11.2. The molecule has 1 unspecified atom stereocenters. The molecule has 2 aliphatic heterocycles. The van der Waals surface area contributed by atoms with Crippen LogP contribution in [0.2, 0.25) is 0 Å². The van der Waals surface area contributed by atoms with Crippen molar-refractivity contribution in [3.63, 3.8) is 0 Å². The maximum atomic E-state index is 12.7. The van der Waals surface area contributed by atoms with E-state index < -0.39 is 0 Å². The van der Waals surface area contributed by atoms with Gasteiger partial charge in [0.1, 0.15) is 6.61 Å². The first-order chi connectivity index (χ1) is 12.6. The molecule has 2 amide bonds. The number of amides is 2. The van der Waals surface area contributed by atoms with E-state index in [0.717, 1.165) is 12.1 Å². The van der Waals surface area contributed by atoms with Crippen molar-refractivity contribution in [2.75, 3.05) is 37.7 Å². The number of hydrogen-bond donors (Lipinski definition) is 0. The zero-order chi connectivity index (χ0) is 18.1. The van der Waals surface area contributed by atoms with Crippen molar-refractivity contribution in [3.8, 4) is 0 Å². The average Bonchev–Trinajstić information content (AvgIpc) is 3.22. The van der Waals surface area contributed by atoms with Crippen molar-refractivity contribution in [2.24, 2.45) is 5.41 Å². The number of likely N-dealkylation sites (tertiary alicyclic amines) is 1. The summed E-state index contributed by atoms with van der Waals surface area (Å²) in [7, 11) is 0. The number of aryl methyl sites for hydroxylation is 1. The number of rotatable bonds is 2. The normalized spacial score (nSPS) is 23.5. The van der Waals surface area contributed by atoms with Gasteiger partial charge in [0.25, 0.3) is 11.8 Å². The van der Waals surface area contributed by atoms with Crippen molar-refractivity contribution in [2.45, 2.75) is 13.3 Å². The lowest BCUT2D eigenvalue weighted by atomic mass is 9.87. The number of ether oxygens (including phenoxy) is 1. The third-order valence-corrected chi connectivity index (χ3v) is 5.06. The summed E-state index contributed by atoms with van der Waals surface area (Å²) >= 11 is 0. The molecule has 4 rings (SSSR count). The first kappa shape index (κ1) is 16.8. The van der Waals surface area contributed by atoms with Gasteiger partial charge in [-0.2, -0.15) is 0 Å². The van der Waals surface area contributed by atoms with E-state index in [1.807, 2.05) is 30.3 Å². The van der Waals surface area contributed by atoms with E-state index in [1.165, 1.54) is 0 Å². The number of anilines is 1. The van der Waals surface area contributed by atoms with E-state index in [1.54, 1.807) is 22.8 Å². The Hall–Kier alpha value is -2.67. The molecule has 7 nitrogen and oxygen atoms in total. The van der Waals surface area contributed by atoms with Gasteiger partial charge in [-0.05, 0) is 25.5 Å². The molecular formula is C19H21N3O4. The summed E-state index contributed by atoms with van der Waals surface area (Å²) < 4.78 is 10.8. The second-order valence-electron chi connectivity index (χ2n) is 7.12.